The lowest BCUT2D eigenvalue weighted by Crippen LogP contribution is -2.56. The number of hydrogen-bond donors (Lipinski definition) is 2. The van der Waals surface area contributed by atoms with Gasteiger partial charge in [-0.2, -0.15) is 0 Å². The molecule has 116 valence electrons. The second kappa shape index (κ2) is 4.72. The summed E-state index contributed by atoms with van der Waals surface area (Å²) in [4.78, 5) is 29.0. The first-order valence-corrected chi connectivity index (χ1v) is 7.20. The Hall–Kier alpha value is -2.05. The zero-order chi connectivity index (χ0) is 16.1. The van der Waals surface area contributed by atoms with Crippen molar-refractivity contribution >= 4 is 17.5 Å². The van der Waals surface area contributed by atoms with Gasteiger partial charge in [0.15, 0.2) is 5.60 Å². The summed E-state index contributed by atoms with van der Waals surface area (Å²) in [5.41, 5.74) is -3.90. The Morgan fingerprint density at radius 3 is 2.73 bits per heavy atom. The molecule has 3 atom stereocenters. The van der Waals surface area contributed by atoms with Crippen LogP contribution >= 0.6 is 0 Å². The molecule has 0 aromatic heterocycles. The zero-order valence-corrected chi connectivity index (χ0v) is 12.4. The van der Waals surface area contributed by atoms with E-state index < -0.39 is 29.0 Å². The fourth-order valence-corrected chi connectivity index (χ4v) is 3.28. The van der Waals surface area contributed by atoms with Gasteiger partial charge >= 0.3 is 5.97 Å². The van der Waals surface area contributed by atoms with E-state index in [2.05, 4.69) is 4.99 Å². The lowest BCUT2D eigenvalue weighted by atomic mass is 9.79. The summed E-state index contributed by atoms with van der Waals surface area (Å²) in [5, 5.41) is 21.8. The number of Topliss-reactive ketones (excluding diaryl/α,β-unsaturated/α-hetero) is 1. The van der Waals surface area contributed by atoms with Gasteiger partial charge < -0.3 is 14.9 Å². The Balaban J connectivity index is 2.12. The molecule has 1 aliphatic carbocycles. The normalized spacial score (nSPS) is 32.5. The fraction of sp³-hybridized carbons (Fsp3) is 0.438. The Labute approximate surface area is 127 Å². The third-order valence-electron chi connectivity index (χ3n) is 4.28. The lowest BCUT2D eigenvalue weighted by molar-refractivity contribution is -0.164. The number of carbonyl (C=O) groups is 2. The number of benzene rings is 1. The molecular formula is C16H17NO5. The molecule has 0 saturated carbocycles. The van der Waals surface area contributed by atoms with Crippen molar-refractivity contribution in [2.24, 2.45) is 10.9 Å². The highest BCUT2D eigenvalue weighted by molar-refractivity contribution is 6.18. The van der Waals surface area contributed by atoms with E-state index in [0.29, 0.717) is 6.42 Å². The van der Waals surface area contributed by atoms with Crippen molar-refractivity contribution in [1.29, 1.82) is 0 Å². The van der Waals surface area contributed by atoms with E-state index in [-0.39, 0.29) is 23.4 Å². The topological polar surface area (TPSA) is 96.2 Å². The number of ether oxygens (including phenoxy) is 1. The highest BCUT2D eigenvalue weighted by Crippen LogP contribution is 2.53. The van der Waals surface area contributed by atoms with Crippen LogP contribution in [0, 0.1) is 5.92 Å². The van der Waals surface area contributed by atoms with Crippen LogP contribution in [0.3, 0.4) is 0 Å². The lowest BCUT2D eigenvalue weighted by Gasteiger charge is -2.31. The average molecular weight is 303 g/mol. The first-order valence-electron chi connectivity index (χ1n) is 7.20. The predicted octanol–water partition coefficient (Wildman–Crippen LogP) is 0.803. The van der Waals surface area contributed by atoms with Gasteiger partial charge in [-0.3, -0.25) is 14.6 Å². The van der Waals surface area contributed by atoms with E-state index >= 15 is 0 Å². The monoisotopic (exact) mass is 303 g/mol. The number of fused-ring (bicyclic) bond motifs is 3. The maximum Gasteiger partial charge on any atom is 0.318 e. The van der Waals surface area contributed by atoms with Crippen LogP contribution < -0.4 is 0 Å². The molecule has 2 aliphatic rings. The van der Waals surface area contributed by atoms with Crippen LogP contribution in [-0.2, 0) is 15.3 Å². The molecular weight excluding hydrogens is 286 g/mol. The van der Waals surface area contributed by atoms with E-state index in [0.717, 1.165) is 0 Å². The van der Waals surface area contributed by atoms with E-state index in [1.54, 1.807) is 12.1 Å². The van der Waals surface area contributed by atoms with E-state index in [4.69, 9.17) is 4.74 Å². The fourth-order valence-electron chi connectivity index (χ4n) is 3.28. The number of ketones is 1. The molecule has 1 aromatic rings. The molecule has 22 heavy (non-hydrogen) atoms. The summed E-state index contributed by atoms with van der Waals surface area (Å²) in [6.07, 6.45) is 0.617. The van der Waals surface area contributed by atoms with Crippen molar-refractivity contribution in [3.8, 4) is 0 Å². The first kappa shape index (κ1) is 14.9. The third-order valence-corrected chi connectivity index (χ3v) is 4.28. The number of rotatable bonds is 3. The van der Waals surface area contributed by atoms with Gasteiger partial charge in [-0.1, -0.05) is 31.2 Å². The summed E-state index contributed by atoms with van der Waals surface area (Å²) >= 11 is 0. The number of nitrogens with zero attached hydrogens (tertiary/aromatic N) is 1. The van der Waals surface area contributed by atoms with Crippen LogP contribution in [0.25, 0.3) is 0 Å². The number of aliphatic imine (C=N–C) groups is 1. The maximum absolute atomic E-state index is 12.6. The van der Waals surface area contributed by atoms with Crippen molar-refractivity contribution in [2.45, 2.75) is 31.6 Å². The van der Waals surface area contributed by atoms with Crippen LogP contribution in [0.1, 0.15) is 36.2 Å². The highest BCUT2D eigenvalue weighted by Gasteiger charge is 2.72. The van der Waals surface area contributed by atoms with Crippen molar-refractivity contribution in [3.05, 3.63) is 35.4 Å². The van der Waals surface area contributed by atoms with E-state index in [9.17, 15) is 19.8 Å². The third kappa shape index (κ3) is 1.59. The van der Waals surface area contributed by atoms with Crippen molar-refractivity contribution in [2.75, 3.05) is 6.61 Å². The highest BCUT2D eigenvalue weighted by atomic mass is 16.5. The Kier molecular flexibility index (Phi) is 3.19. The predicted molar refractivity (Wildman–Crippen MR) is 77.5 cm³/mol. The van der Waals surface area contributed by atoms with Gasteiger partial charge in [-0.15, -0.1) is 0 Å². The molecule has 6 nitrogen and oxygen atoms in total. The molecule has 0 saturated heterocycles. The molecule has 0 unspecified atom stereocenters. The van der Waals surface area contributed by atoms with Crippen LogP contribution in [0.15, 0.2) is 29.3 Å². The van der Waals surface area contributed by atoms with Crippen LogP contribution in [-0.4, -0.2) is 39.9 Å². The van der Waals surface area contributed by atoms with E-state index in [1.165, 1.54) is 19.1 Å². The minimum atomic E-state index is -2.34. The Morgan fingerprint density at radius 2 is 2.05 bits per heavy atom. The van der Waals surface area contributed by atoms with Crippen LogP contribution in [0.5, 0.6) is 0 Å². The average Bonchev–Trinajstić information content (AvgIpc) is 2.80. The van der Waals surface area contributed by atoms with Crippen LogP contribution in [0.2, 0.25) is 0 Å². The summed E-state index contributed by atoms with van der Waals surface area (Å²) < 4.78 is 5.07. The molecule has 3 rings (SSSR count). The summed E-state index contributed by atoms with van der Waals surface area (Å²) in [5.74, 6) is -2.75. The molecule has 6 heteroatoms. The molecule has 1 aromatic carbocycles. The van der Waals surface area contributed by atoms with Crippen molar-refractivity contribution in [3.63, 3.8) is 0 Å². The molecule has 0 radical (unpaired) electrons. The largest absolute Gasteiger partial charge is 0.465 e. The van der Waals surface area contributed by atoms with Crippen molar-refractivity contribution < 1.29 is 24.5 Å². The number of hydrogen-bond acceptors (Lipinski definition) is 6. The number of aliphatic hydroxyl groups is 2. The Morgan fingerprint density at radius 1 is 1.36 bits per heavy atom. The summed E-state index contributed by atoms with van der Waals surface area (Å²) in [6.45, 7) is 3.52. The van der Waals surface area contributed by atoms with Gasteiger partial charge in [-0.05, 0) is 13.3 Å². The Bertz CT molecular complexity index is 698. The summed E-state index contributed by atoms with van der Waals surface area (Å²) in [7, 11) is 0. The minimum absolute atomic E-state index is 0.178. The zero-order valence-electron chi connectivity index (χ0n) is 12.4. The van der Waals surface area contributed by atoms with Crippen molar-refractivity contribution in [1.82, 2.24) is 0 Å². The van der Waals surface area contributed by atoms with Gasteiger partial charge in [0.2, 0.25) is 11.5 Å². The smallest absolute Gasteiger partial charge is 0.318 e. The van der Waals surface area contributed by atoms with Gasteiger partial charge in [0.1, 0.15) is 5.92 Å². The van der Waals surface area contributed by atoms with Gasteiger partial charge in [0.05, 0.1) is 6.61 Å². The standard InChI is InChI=1S/C16H17NO5/c1-3-8-22-14(19)12-9(2)17-16(21)11-7-5-4-6-10(11)13(18)15(12,16)20/h4-7,12,20-21H,3,8H2,1-2H3/t12-,15-,16-/m0/s1. The molecule has 0 fully saturated rings. The quantitative estimate of drug-likeness (QED) is 0.805. The number of carbonyl (C=O) groups excluding carboxylic acids is 2. The second-order valence-electron chi connectivity index (χ2n) is 5.67. The molecule has 1 heterocycles. The minimum Gasteiger partial charge on any atom is -0.465 e. The number of esters is 1. The van der Waals surface area contributed by atoms with Gasteiger partial charge in [0.25, 0.3) is 0 Å². The maximum atomic E-state index is 12.6. The molecule has 0 amide bonds. The summed E-state index contributed by atoms with van der Waals surface area (Å²) in [6, 6.07) is 6.31. The molecule has 2 N–H and O–H groups in total. The first-order chi connectivity index (χ1) is 10.4. The van der Waals surface area contributed by atoms with Gasteiger partial charge in [-0.25, -0.2) is 0 Å². The molecule has 1 aliphatic heterocycles. The molecule has 0 bridgehead atoms. The molecule has 0 spiro atoms. The SMILES string of the molecule is CCCOC(=O)[C@@H]1C(C)=N[C@]2(O)c3ccccc3C(=O)[C@@]12O. The second-order valence-corrected chi connectivity index (χ2v) is 5.67. The van der Waals surface area contributed by atoms with Crippen LogP contribution in [0.4, 0.5) is 0 Å². The van der Waals surface area contributed by atoms with E-state index in [1.807, 2.05) is 6.92 Å². The van der Waals surface area contributed by atoms with Gasteiger partial charge in [0, 0.05) is 16.8 Å².